The van der Waals surface area contributed by atoms with Gasteiger partial charge in [0.05, 0.1) is 21.3 Å². The number of methoxy groups -OCH3 is 3. The molecule has 0 aliphatic heterocycles. The van der Waals surface area contributed by atoms with E-state index in [2.05, 4.69) is 28.4 Å². The molecule has 5 rings (SSSR count). The van der Waals surface area contributed by atoms with Crippen molar-refractivity contribution in [3.8, 4) is 17.2 Å². The standard InChI is InChI=1S/C27H28N2O4/c1-31-22-13-12-20(25(32-2)26(22)33-3)27(18-10-5-4-6-11-18)15-14-19-21(16-27)28-29-23(19)24(30)17-8-7-9-17/h4-6,10-15,17H,7-9,16H2,1-3H3,(H,28,29). The Hall–Kier alpha value is -3.54. The normalized spacial score (nSPS) is 19.5. The van der Waals surface area contributed by atoms with E-state index in [0.29, 0.717) is 29.4 Å². The molecule has 0 amide bonds. The van der Waals surface area contributed by atoms with Gasteiger partial charge in [0, 0.05) is 34.6 Å². The lowest BCUT2D eigenvalue weighted by molar-refractivity contribution is 0.0849. The van der Waals surface area contributed by atoms with Crippen LogP contribution < -0.4 is 14.2 Å². The number of ketones is 1. The van der Waals surface area contributed by atoms with Crippen LogP contribution in [-0.4, -0.2) is 37.3 Å². The third kappa shape index (κ3) is 3.32. The van der Waals surface area contributed by atoms with Crippen molar-refractivity contribution in [3.63, 3.8) is 0 Å². The monoisotopic (exact) mass is 444 g/mol. The highest BCUT2D eigenvalue weighted by Crippen LogP contribution is 2.50. The van der Waals surface area contributed by atoms with Gasteiger partial charge in [-0.25, -0.2) is 0 Å². The second-order valence-electron chi connectivity index (χ2n) is 8.69. The van der Waals surface area contributed by atoms with E-state index >= 15 is 0 Å². The van der Waals surface area contributed by atoms with Gasteiger partial charge in [-0.1, -0.05) is 55.0 Å². The maximum Gasteiger partial charge on any atom is 0.203 e. The van der Waals surface area contributed by atoms with Crippen LogP contribution in [0.4, 0.5) is 0 Å². The van der Waals surface area contributed by atoms with E-state index in [9.17, 15) is 4.79 Å². The number of carbonyl (C=O) groups excluding carboxylic acids is 1. The highest BCUT2D eigenvalue weighted by molar-refractivity contribution is 6.00. The number of benzene rings is 2. The maximum absolute atomic E-state index is 12.9. The summed E-state index contributed by atoms with van der Waals surface area (Å²) in [6.07, 6.45) is 7.86. The van der Waals surface area contributed by atoms with Crippen molar-refractivity contribution in [1.82, 2.24) is 10.2 Å². The number of fused-ring (bicyclic) bond motifs is 1. The van der Waals surface area contributed by atoms with Gasteiger partial charge in [-0.3, -0.25) is 9.89 Å². The summed E-state index contributed by atoms with van der Waals surface area (Å²) in [5.41, 5.74) is 3.93. The second kappa shape index (κ2) is 8.43. The smallest absolute Gasteiger partial charge is 0.203 e. The molecule has 1 aromatic heterocycles. The largest absolute Gasteiger partial charge is 0.493 e. The summed E-state index contributed by atoms with van der Waals surface area (Å²) in [5.74, 6) is 2.05. The number of carbonyl (C=O) groups is 1. The van der Waals surface area contributed by atoms with Crippen molar-refractivity contribution < 1.29 is 19.0 Å². The van der Waals surface area contributed by atoms with E-state index in [0.717, 1.165) is 41.6 Å². The molecule has 0 saturated heterocycles. The molecule has 0 bridgehead atoms. The first-order chi connectivity index (χ1) is 16.1. The summed E-state index contributed by atoms with van der Waals surface area (Å²) >= 11 is 0. The molecule has 0 spiro atoms. The Morgan fingerprint density at radius 3 is 2.39 bits per heavy atom. The molecule has 0 radical (unpaired) electrons. The molecule has 1 heterocycles. The number of nitrogens with zero attached hydrogens (tertiary/aromatic N) is 1. The van der Waals surface area contributed by atoms with Crippen molar-refractivity contribution in [2.24, 2.45) is 5.92 Å². The zero-order valence-electron chi connectivity index (χ0n) is 19.2. The summed E-state index contributed by atoms with van der Waals surface area (Å²) in [5, 5.41) is 7.63. The molecule has 2 aromatic carbocycles. The molecule has 1 N–H and O–H groups in total. The zero-order valence-corrected chi connectivity index (χ0v) is 19.2. The van der Waals surface area contributed by atoms with Gasteiger partial charge >= 0.3 is 0 Å². The Balaban J connectivity index is 1.67. The number of aromatic amines is 1. The molecule has 33 heavy (non-hydrogen) atoms. The predicted molar refractivity (Wildman–Crippen MR) is 126 cm³/mol. The summed E-state index contributed by atoms with van der Waals surface area (Å²) in [6.45, 7) is 0. The van der Waals surface area contributed by atoms with Crippen LogP contribution in [-0.2, 0) is 11.8 Å². The number of Topliss-reactive ketones (excluding diaryl/α,β-unsaturated/α-hetero) is 1. The quantitative estimate of drug-likeness (QED) is 0.521. The van der Waals surface area contributed by atoms with Gasteiger partial charge in [-0.2, -0.15) is 5.10 Å². The maximum atomic E-state index is 12.9. The van der Waals surface area contributed by atoms with E-state index in [1.165, 1.54) is 0 Å². The molecule has 3 aromatic rings. The van der Waals surface area contributed by atoms with Gasteiger partial charge in [0.15, 0.2) is 17.3 Å². The highest BCUT2D eigenvalue weighted by Gasteiger charge is 2.41. The van der Waals surface area contributed by atoms with Crippen LogP contribution >= 0.6 is 0 Å². The summed E-state index contributed by atoms with van der Waals surface area (Å²) in [6, 6.07) is 14.2. The molecular weight excluding hydrogens is 416 g/mol. The van der Waals surface area contributed by atoms with Gasteiger partial charge in [0.2, 0.25) is 5.75 Å². The lowest BCUT2D eigenvalue weighted by atomic mass is 9.67. The molecule has 2 aliphatic rings. The van der Waals surface area contributed by atoms with Crippen LogP contribution in [0.1, 0.15) is 52.1 Å². The number of hydrogen-bond donors (Lipinski definition) is 1. The fourth-order valence-electron chi connectivity index (χ4n) is 5.04. The van der Waals surface area contributed by atoms with Crippen LogP contribution in [0, 0.1) is 5.92 Å². The average molecular weight is 445 g/mol. The van der Waals surface area contributed by atoms with Crippen LogP contribution in [0.5, 0.6) is 17.2 Å². The van der Waals surface area contributed by atoms with Gasteiger partial charge in [-0.05, 0) is 24.5 Å². The Kier molecular flexibility index (Phi) is 5.44. The minimum absolute atomic E-state index is 0.109. The minimum atomic E-state index is -0.539. The molecule has 6 heteroatoms. The lowest BCUT2D eigenvalue weighted by Gasteiger charge is -2.36. The highest BCUT2D eigenvalue weighted by atomic mass is 16.5. The van der Waals surface area contributed by atoms with Gasteiger partial charge in [0.25, 0.3) is 0 Å². The van der Waals surface area contributed by atoms with E-state index in [1.807, 2.05) is 36.4 Å². The molecular formula is C27H28N2O4. The van der Waals surface area contributed by atoms with E-state index in [4.69, 9.17) is 14.2 Å². The Morgan fingerprint density at radius 1 is 1.00 bits per heavy atom. The van der Waals surface area contributed by atoms with Gasteiger partial charge < -0.3 is 14.2 Å². The van der Waals surface area contributed by atoms with Crippen molar-refractivity contribution in [1.29, 1.82) is 0 Å². The Labute approximate surface area is 193 Å². The molecule has 2 aliphatic carbocycles. The van der Waals surface area contributed by atoms with Crippen LogP contribution in [0.3, 0.4) is 0 Å². The third-order valence-corrected chi connectivity index (χ3v) is 7.06. The molecule has 1 fully saturated rings. The number of H-pyrrole nitrogens is 1. The predicted octanol–water partition coefficient (Wildman–Crippen LogP) is 4.97. The summed E-state index contributed by atoms with van der Waals surface area (Å²) in [4.78, 5) is 12.9. The SMILES string of the molecule is COc1ccc(C2(c3ccccc3)C=Cc3c(C(=O)C4CCC4)n[nH]c3C2)c(OC)c1OC. The molecule has 1 saturated carbocycles. The first-order valence-electron chi connectivity index (χ1n) is 11.3. The summed E-state index contributed by atoms with van der Waals surface area (Å²) in [7, 11) is 4.87. The average Bonchev–Trinajstić information content (AvgIpc) is 3.25. The zero-order chi connectivity index (χ0) is 23.0. The fourth-order valence-corrected chi connectivity index (χ4v) is 5.04. The number of rotatable bonds is 7. The summed E-state index contributed by atoms with van der Waals surface area (Å²) < 4.78 is 17.1. The third-order valence-electron chi connectivity index (χ3n) is 7.06. The number of ether oxygens (including phenoxy) is 3. The molecule has 170 valence electrons. The topological polar surface area (TPSA) is 73.4 Å². The second-order valence-corrected chi connectivity index (χ2v) is 8.69. The number of hydrogen-bond acceptors (Lipinski definition) is 5. The van der Waals surface area contributed by atoms with Crippen LogP contribution in [0.15, 0.2) is 48.5 Å². The van der Waals surface area contributed by atoms with E-state index in [-0.39, 0.29) is 11.7 Å². The number of allylic oxidation sites excluding steroid dienone is 1. The van der Waals surface area contributed by atoms with Crippen molar-refractivity contribution >= 4 is 11.9 Å². The first kappa shape index (κ1) is 21.3. The molecule has 1 atom stereocenters. The van der Waals surface area contributed by atoms with Crippen LogP contribution in [0.2, 0.25) is 0 Å². The van der Waals surface area contributed by atoms with Crippen LogP contribution in [0.25, 0.3) is 6.08 Å². The minimum Gasteiger partial charge on any atom is -0.493 e. The molecule has 6 nitrogen and oxygen atoms in total. The van der Waals surface area contributed by atoms with Crippen molar-refractivity contribution in [2.75, 3.05) is 21.3 Å². The first-order valence-corrected chi connectivity index (χ1v) is 11.3. The van der Waals surface area contributed by atoms with E-state index < -0.39 is 5.41 Å². The van der Waals surface area contributed by atoms with Gasteiger partial charge in [-0.15, -0.1) is 0 Å². The number of aromatic nitrogens is 2. The van der Waals surface area contributed by atoms with Crippen molar-refractivity contribution in [3.05, 3.63) is 76.6 Å². The Morgan fingerprint density at radius 2 is 1.76 bits per heavy atom. The van der Waals surface area contributed by atoms with E-state index in [1.54, 1.807) is 21.3 Å². The number of nitrogens with one attached hydrogen (secondary N) is 1. The lowest BCUT2D eigenvalue weighted by Crippen LogP contribution is -2.31. The Bertz CT molecular complexity index is 1210. The molecule has 1 unspecified atom stereocenters. The fraction of sp³-hybridized carbons (Fsp3) is 0.333. The van der Waals surface area contributed by atoms with Gasteiger partial charge in [0.1, 0.15) is 5.69 Å². The van der Waals surface area contributed by atoms with Crippen molar-refractivity contribution in [2.45, 2.75) is 31.1 Å².